The summed E-state index contributed by atoms with van der Waals surface area (Å²) in [6.07, 6.45) is 18.6. The van der Waals surface area contributed by atoms with E-state index < -0.39 is 17.9 Å². The molecule has 0 rings (SSSR count). The third-order valence-corrected chi connectivity index (χ3v) is 6.61. The van der Waals surface area contributed by atoms with E-state index in [9.17, 15) is 14.4 Å². The van der Waals surface area contributed by atoms with Crippen LogP contribution in [0.2, 0.25) is 0 Å². The minimum absolute atomic E-state index is 0.0894. The van der Waals surface area contributed by atoms with E-state index in [1.54, 1.807) is 0 Å². The largest absolute Gasteiger partial charge is 0.481 e. The maximum absolute atomic E-state index is 11.0. The second-order valence-electron chi connectivity index (χ2n) is 9.69. The van der Waals surface area contributed by atoms with Gasteiger partial charge in [-0.1, -0.05) is 57.4 Å². The smallest absolute Gasteiger partial charge is 0.303 e. The van der Waals surface area contributed by atoms with Gasteiger partial charge in [0.05, 0.1) is 45.4 Å². The maximum atomic E-state index is 11.0. The Morgan fingerprint density at radius 2 is 0.794 bits per heavy atom. The lowest BCUT2D eigenvalue weighted by atomic mass is 10.0. The van der Waals surface area contributed by atoms with Crippen LogP contribution in [-0.4, -0.2) is 63.9 Å². The molecule has 0 saturated carbocycles. The van der Waals surface area contributed by atoms with Crippen LogP contribution in [0, 0.1) is 0 Å². The van der Waals surface area contributed by atoms with Crippen LogP contribution < -0.4 is 0 Å². The van der Waals surface area contributed by atoms with Gasteiger partial charge in [-0.3, -0.25) is 14.4 Å². The number of carboxylic acids is 3. The Labute approximate surface area is 206 Å². The maximum Gasteiger partial charge on any atom is 0.303 e. The lowest BCUT2D eigenvalue weighted by Crippen LogP contribution is -2.51. The summed E-state index contributed by atoms with van der Waals surface area (Å²) < 4.78 is 0.639. The summed E-state index contributed by atoms with van der Waals surface area (Å²) in [5.74, 6) is -2.48. The van der Waals surface area contributed by atoms with Gasteiger partial charge in [-0.05, 0) is 25.7 Å². The molecule has 34 heavy (non-hydrogen) atoms. The van der Waals surface area contributed by atoms with E-state index in [4.69, 9.17) is 15.3 Å². The van der Waals surface area contributed by atoms with E-state index in [0.29, 0.717) is 43.4 Å². The molecule has 0 atom stereocenters. The standard InChI is InChI=1S/C27H49NO6/c1-2-3-4-5-6-7-8-9-10-11-12-13-14-21-28(22-15-18-25(29)30,23-16-19-26(31)32)24-17-20-27(33)34/h2H,1,3-24H2,(H2-,29,30,31,32,33,34)/p+1. The third-order valence-electron chi connectivity index (χ3n) is 6.61. The van der Waals surface area contributed by atoms with Gasteiger partial charge < -0.3 is 19.8 Å². The van der Waals surface area contributed by atoms with Crippen molar-refractivity contribution in [3.63, 3.8) is 0 Å². The van der Waals surface area contributed by atoms with E-state index in [-0.39, 0.29) is 19.3 Å². The molecule has 0 aliphatic carbocycles. The number of rotatable bonds is 26. The first-order valence-electron chi connectivity index (χ1n) is 13.4. The van der Waals surface area contributed by atoms with Gasteiger partial charge >= 0.3 is 17.9 Å². The molecule has 0 aliphatic rings. The van der Waals surface area contributed by atoms with Crippen LogP contribution in [0.4, 0.5) is 0 Å². The van der Waals surface area contributed by atoms with Crippen molar-refractivity contribution in [2.24, 2.45) is 0 Å². The van der Waals surface area contributed by atoms with Crippen molar-refractivity contribution in [2.75, 3.05) is 26.2 Å². The SMILES string of the molecule is C=CCCCCCCCCCCCCC[N+](CCCC(=O)O)(CCCC(=O)O)CCCC(=O)O. The van der Waals surface area contributed by atoms with Gasteiger partial charge in [0.1, 0.15) is 0 Å². The van der Waals surface area contributed by atoms with Crippen LogP contribution >= 0.6 is 0 Å². The second-order valence-corrected chi connectivity index (χ2v) is 9.69. The second kappa shape index (κ2) is 21.6. The Hall–Kier alpha value is -1.89. The van der Waals surface area contributed by atoms with Crippen molar-refractivity contribution < 1.29 is 34.2 Å². The summed E-state index contributed by atoms with van der Waals surface area (Å²) in [4.78, 5) is 33.0. The lowest BCUT2D eigenvalue weighted by molar-refractivity contribution is -0.929. The Kier molecular flexibility index (Phi) is 20.4. The highest BCUT2D eigenvalue weighted by Gasteiger charge is 2.27. The van der Waals surface area contributed by atoms with Crippen molar-refractivity contribution in [1.29, 1.82) is 0 Å². The molecule has 0 amide bonds. The third kappa shape index (κ3) is 20.7. The highest BCUT2D eigenvalue weighted by molar-refractivity contribution is 5.67. The minimum Gasteiger partial charge on any atom is -0.481 e. The molecule has 0 aliphatic heterocycles. The zero-order valence-corrected chi connectivity index (χ0v) is 21.4. The molecule has 0 saturated heterocycles. The van der Waals surface area contributed by atoms with Crippen LogP contribution in [0.5, 0.6) is 0 Å². The fraction of sp³-hybridized carbons (Fsp3) is 0.815. The van der Waals surface area contributed by atoms with Gasteiger partial charge in [0.15, 0.2) is 0 Å². The Morgan fingerprint density at radius 1 is 0.500 bits per heavy atom. The number of aliphatic carboxylic acids is 3. The average Bonchev–Trinajstić information content (AvgIpc) is 2.76. The average molecular weight is 485 g/mol. The number of carbonyl (C=O) groups is 3. The molecule has 0 unspecified atom stereocenters. The molecule has 7 nitrogen and oxygen atoms in total. The molecule has 7 heteroatoms. The van der Waals surface area contributed by atoms with Gasteiger partial charge in [-0.25, -0.2) is 0 Å². The summed E-state index contributed by atoms with van der Waals surface area (Å²) >= 11 is 0. The predicted molar refractivity (Wildman–Crippen MR) is 136 cm³/mol. The topological polar surface area (TPSA) is 112 Å². The molecule has 0 bridgehead atoms. The Bertz CT molecular complexity index is 513. The van der Waals surface area contributed by atoms with Gasteiger partial charge in [0, 0.05) is 19.3 Å². The molecular weight excluding hydrogens is 434 g/mol. The first kappa shape index (κ1) is 32.1. The quantitative estimate of drug-likeness (QED) is 0.0758. The molecule has 0 aromatic carbocycles. The van der Waals surface area contributed by atoms with E-state index in [0.717, 1.165) is 25.8 Å². The minimum atomic E-state index is -0.828. The number of unbranched alkanes of at least 4 members (excludes halogenated alkanes) is 11. The molecular formula is C27H50NO6+. The number of quaternary nitrogens is 1. The number of nitrogens with zero attached hydrogens (tertiary/aromatic N) is 1. The number of hydrogen-bond acceptors (Lipinski definition) is 3. The zero-order chi connectivity index (χ0) is 25.5. The molecule has 0 aromatic rings. The van der Waals surface area contributed by atoms with Gasteiger partial charge in [0.25, 0.3) is 0 Å². The van der Waals surface area contributed by atoms with Crippen LogP contribution in [0.3, 0.4) is 0 Å². The summed E-state index contributed by atoms with van der Waals surface area (Å²) in [7, 11) is 0. The molecule has 0 fully saturated rings. The van der Waals surface area contributed by atoms with Crippen molar-refractivity contribution in [3.8, 4) is 0 Å². The van der Waals surface area contributed by atoms with Crippen molar-refractivity contribution >= 4 is 17.9 Å². The molecule has 0 radical (unpaired) electrons. The van der Waals surface area contributed by atoms with E-state index in [1.165, 1.54) is 57.8 Å². The molecule has 0 heterocycles. The highest BCUT2D eigenvalue weighted by atomic mass is 16.4. The fourth-order valence-electron chi connectivity index (χ4n) is 4.69. The van der Waals surface area contributed by atoms with Crippen LogP contribution in [0.15, 0.2) is 12.7 Å². The van der Waals surface area contributed by atoms with Crippen LogP contribution in [0.1, 0.15) is 116 Å². The van der Waals surface area contributed by atoms with E-state index in [2.05, 4.69) is 6.58 Å². The zero-order valence-electron chi connectivity index (χ0n) is 21.4. The summed E-state index contributed by atoms with van der Waals surface area (Å²) in [6, 6.07) is 0. The highest BCUT2D eigenvalue weighted by Crippen LogP contribution is 2.19. The Balaban J connectivity index is 4.41. The summed E-state index contributed by atoms with van der Waals surface area (Å²) in [5, 5.41) is 27.1. The monoisotopic (exact) mass is 484 g/mol. The van der Waals surface area contributed by atoms with Crippen molar-refractivity contribution in [3.05, 3.63) is 12.7 Å². The van der Waals surface area contributed by atoms with Crippen molar-refractivity contribution in [1.82, 2.24) is 0 Å². The lowest BCUT2D eigenvalue weighted by Gasteiger charge is -2.39. The predicted octanol–water partition coefficient (Wildman–Crippen LogP) is 6.26. The fourth-order valence-corrected chi connectivity index (χ4v) is 4.69. The number of hydrogen-bond donors (Lipinski definition) is 3. The van der Waals surface area contributed by atoms with E-state index in [1.807, 2.05) is 6.08 Å². The molecule has 0 spiro atoms. The van der Waals surface area contributed by atoms with Crippen molar-refractivity contribution in [2.45, 2.75) is 116 Å². The Morgan fingerprint density at radius 3 is 1.12 bits per heavy atom. The van der Waals surface area contributed by atoms with Gasteiger partial charge in [-0.15, -0.1) is 6.58 Å². The van der Waals surface area contributed by atoms with Gasteiger partial charge in [-0.2, -0.15) is 0 Å². The first-order valence-corrected chi connectivity index (χ1v) is 13.4. The number of allylic oxidation sites excluding steroid dienone is 1. The molecule has 198 valence electrons. The molecule has 0 aromatic heterocycles. The number of carboxylic acid groups (broad SMARTS) is 3. The van der Waals surface area contributed by atoms with E-state index >= 15 is 0 Å². The normalized spacial score (nSPS) is 11.4. The van der Waals surface area contributed by atoms with Crippen LogP contribution in [-0.2, 0) is 14.4 Å². The summed E-state index contributed by atoms with van der Waals surface area (Å²) in [6.45, 7) is 6.62. The first-order chi connectivity index (χ1) is 16.3. The van der Waals surface area contributed by atoms with Crippen LogP contribution in [0.25, 0.3) is 0 Å². The van der Waals surface area contributed by atoms with Gasteiger partial charge in [0.2, 0.25) is 0 Å². The molecule has 3 N–H and O–H groups in total. The summed E-state index contributed by atoms with van der Waals surface area (Å²) in [5.41, 5.74) is 0.